The largest absolute Gasteiger partial charge is 0.350 e. The zero-order valence-electron chi connectivity index (χ0n) is 10.7. The van der Waals surface area contributed by atoms with E-state index in [1.54, 1.807) is 20.8 Å². The summed E-state index contributed by atoms with van der Waals surface area (Å²) in [6.07, 6.45) is 0. The second-order valence-electron chi connectivity index (χ2n) is 4.93. The van der Waals surface area contributed by atoms with Gasteiger partial charge >= 0.3 is 0 Å². The Morgan fingerprint density at radius 2 is 2.11 bits per heavy atom. The number of non-ortho nitro benzene ring substituents is 1. The van der Waals surface area contributed by atoms with Crippen LogP contribution >= 0.6 is 0 Å². The van der Waals surface area contributed by atoms with Crippen molar-refractivity contribution in [1.29, 1.82) is 0 Å². The fraction of sp³-hybridized carbons (Fsp3) is 0.417. The minimum Gasteiger partial charge on any atom is -0.350 e. The number of aryl methyl sites for hydroxylation is 1. The smallest absolute Gasteiger partial charge is 0.269 e. The Kier molecular flexibility index (Phi) is 4.03. The predicted molar refractivity (Wildman–Crippen MR) is 68.4 cm³/mol. The number of hydrogen-bond donors (Lipinski definition) is 2. The van der Waals surface area contributed by atoms with E-state index in [9.17, 15) is 14.9 Å². The van der Waals surface area contributed by atoms with E-state index < -0.39 is 10.5 Å². The summed E-state index contributed by atoms with van der Waals surface area (Å²) >= 11 is 0. The van der Waals surface area contributed by atoms with Crippen LogP contribution in [0.2, 0.25) is 0 Å². The van der Waals surface area contributed by atoms with Gasteiger partial charge in [-0.05, 0) is 32.4 Å². The first kappa shape index (κ1) is 14.1. The third-order valence-corrected chi connectivity index (χ3v) is 2.37. The molecule has 98 valence electrons. The highest BCUT2D eigenvalue weighted by Gasteiger charge is 2.16. The molecule has 0 radical (unpaired) electrons. The molecule has 6 heteroatoms. The number of hydrogen-bond acceptors (Lipinski definition) is 4. The molecule has 0 heterocycles. The Balaban J connectivity index is 2.84. The molecule has 6 nitrogen and oxygen atoms in total. The number of nitrogens with one attached hydrogen (secondary N) is 1. The highest BCUT2D eigenvalue weighted by Crippen LogP contribution is 2.17. The number of rotatable bonds is 4. The fourth-order valence-corrected chi connectivity index (χ4v) is 1.42. The van der Waals surface area contributed by atoms with Crippen molar-refractivity contribution < 1.29 is 9.72 Å². The van der Waals surface area contributed by atoms with Crippen molar-refractivity contribution in [3.8, 4) is 0 Å². The van der Waals surface area contributed by atoms with E-state index in [4.69, 9.17) is 5.73 Å². The summed E-state index contributed by atoms with van der Waals surface area (Å²) in [5, 5.41) is 13.3. The maximum Gasteiger partial charge on any atom is 0.269 e. The second-order valence-corrected chi connectivity index (χ2v) is 4.93. The summed E-state index contributed by atoms with van der Waals surface area (Å²) in [6.45, 7) is 5.60. The van der Waals surface area contributed by atoms with Crippen molar-refractivity contribution >= 4 is 11.6 Å². The second kappa shape index (κ2) is 5.14. The monoisotopic (exact) mass is 251 g/mol. The van der Waals surface area contributed by atoms with Crippen LogP contribution in [0.25, 0.3) is 0 Å². The third-order valence-electron chi connectivity index (χ3n) is 2.37. The van der Waals surface area contributed by atoms with Gasteiger partial charge in [-0.1, -0.05) is 0 Å². The lowest BCUT2D eigenvalue weighted by molar-refractivity contribution is -0.384. The third kappa shape index (κ3) is 3.81. The van der Waals surface area contributed by atoms with Gasteiger partial charge in [-0.15, -0.1) is 0 Å². The summed E-state index contributed by atoms with van der Waals surface area (Å²) in [7, 11) is 0. The number of carbonyl (C=O) groups excluding carboxylic acids is 1. The Bertz CT molecular complexity index is 478. The van der Waals surface area contributed by atoms with Crippen LogP contribution in [0.1, 0.15) is 29.8 Å². The van der Waals surface area contributed by atoms with Crippen LogP contribution < -0.4 is 11.1 Å². The summed E-state index contributed by atoms with van der Waals surface area (Å²) in [5.41, 5.74) is 6.23. The standard InChI is InChI=1S/C12H17N3O3/c1-8-6-9(15(17)18)4-5-10(8)11(16)14-7-12(2,3)13/h4-6H,7,13H2,1-3H3,(H,14,16). The minimum absolute atomic E-state index is 0.0248. The van der Waals surface area contributed by atoms with Gasteiger partial charge in [0.15, 0.2) is 0 Å². The van der Waals surface area contributed by atoms with E-state index >= 15 is 0 Å². The zero-order chi connectivity index (χ0) is 13.9. The molecule has 0 saturated heterocycles. The van der Waals surface area contributed by atoms with Crippen LogP contribution in [0, 0.1) is 17.0 Å². The molecule has 0 fully saturated rings. The first-order valence-electron chi connectivity index (χ1n) is 5.53. The molecule has 18 heavy (non-hydrogen) atoms. The number of carbonyl (C=O) groups is 1. The molecule has 1 rings (SSSR count). The van der Waals surface area contributed by atoms with Gasteiger partial charge in [-0.25, -0.2) is 0 Å². The average molecular weight is 251 g/mol. The summed E-state index contributed by atoms with van der Waals surface area (Å²) in [6, 6.07) is 4.14. The first-order valence-corrected chi connectivity index (χ1v) is 5.53. The van der Waals surface area contributed by atoms with Crippen LogP contribution in [0.3, 0.4) is 0 Å². The predicted octanol–water partition coefficient (Wildman–Crippen LogP) is 1.37. The Labute approximate surface area is 105 Å². The zero-order valence-corrected chi connectivity index (χ0v) is 10.7. The van der Waals surface area contributed by atoms with Gasteiger partial charge in [0.05, 0.1) is 4.92 Å². The Hall–Kier alpha value is -1.95. The highest BCUT2D eigenvalue weighted by molar-refractivity contribution is 5.95. The number of benzene rings is 1. The molecule has 0 spiro atoms. The van der Waals surface area contributed by atoms with Gasteiger partial charge in [0.1, 0.15) is 0 Å². The van der Waals surface area contributed by atoms with E-state index in [2.05, 4.69) is 5.32 Å². The quantitative estimate of drug-likeness (QED) is 0.623. The van der Waals surface area contributed by atoms with Gasteiger partial charge in [0.25, 0.3) is 11.6 Å². The van der Waals surface area contributed by atoms with Crippen molar-refractivity contribution in [3.63, 3.8) is 0 Å². The molecule has 0 aliphatic rings. The van der Waals surface area contributed by atoms with Crippen molar-refractivity contribution in [2.45, 2.75) is 26.3 Å². The molecule has 0 aliphatic heterocycles. The van der Waals surface area contributed by atoms with Crippen LogP contribution in [0.5, 0.6) is 0 Å². The van der Waals surface area contributed by atoms with E-state index in [1.165, 1.54) is 18.2 Å². The lowest BCUT2D eigenvalue weighted by Crippen LogP contribution is -2.45. The summed E-state index contributed by atoms with van der Waals surface area (Å²) in [5.74, 6) is -0.277. The molecule has 0 aromatic heterocycles. The van der Waals surface area contributed by atoms with Crippen molar-refractivity contribution in [2.75, 3.05) is 6.54 Å². The van der Waals surface area contributed by atoms with Gasteiger partial charge < -0.3 is 11.1 Å². The van der Waals surface area contributed by atoms with Crippen LogP contribution in [-0.4, -0.2) is 22.9 Å². The Morgan fingerprint density at radius 3 is 2.56 bits per heavy atom. The SMILES string of the molecule is Cc1cc([N+](=O)[O-])ccc1C(=O)NCC(C)(C)N. The van der Waals surface area contributed by atoms with Crippen LogP contribution in [0.15, 0.2) is 18.2 Å². The molecule has 0 bridgehead atoms. The first-order chi connectivity index (χ1) is 8.20. The van der Waals surface area contributed by atoms with Gasteiger partial charge in [0, 0.05) is 29.8 Å². The lowest BCUT2D eigenvalue weighted by atomic mass is 10.1. The van der Waals surface area contributed by atoms with Gasteiger partial charge in [0.2, 0.25) is 0 Å². The average Bonchev–Trinajstić information content (AvgIpc) is 2.24. The van der Waals surface area contributed by atoms with E-state index in [-0.39, 0.29) is 11.6 Å². The number of nitrogens with two attached hydrogens (primary N) is 1. The Morgan fingerprint density at radius 1 is 1.50 bits per heavy atom. The number of amides is 1. The van der Waals surface area contributed by atoms with Crippen molar-refractivity contribution in [3.05, 3.63) is 39.4 Å². The van der Waals surface area contributed by atoms with Gasteiger partial charge in [-0.2, -0.15) is 0 Å². The van der Waals surface area contributed by atoms with Crippen molar-refractivity contribution in [2.24, 2.45) is 5.73 Å². The molecular weight excluding hydrogens is 234 g/mol. The highest BCUT2D eigenvalue weighted by atomic mass is 16.6. The molecule has 0 atom stereocenters. The number of nitro benzene ring substituents is 1. The molecule has 0 saturated carbocycles. The van der Waals surface area contributed by atoms with E-state index in [1.807, 2.05) is 0 Å². The maximum atomic E-state index is 11.9. The number of nitro groups is 1. The van der Waals surface area contributed by atoms with E-state index in [0.29, 0.717) is 17.7 Å². The van der Waals surface area contributed by atoms with Crippen LogP contribution in [0.4, 0.5) is 5.69 Å². The van der Waals surface area contributed by atoms with Gasteiger partial charge in [-0.3, -0.25) is 14.9 Å². The van der Waals surface area contributed by atoms with Crippen LogP contribution in [-0.2, 0) is 0 Å². The molecular formula is C12H17N3O3. The number of nitrogens with zero attached hydrogens (tertiary/aromatic N) is 1. The molecule has 1 aromatic rings. The summed E-state index contributed by atoms with van der Waals surface area (Å²) < 4.78 is 0. The molecule has 1 aromatic carbocycles. The van der Waals surface area contributed by atoms with E-state index in [0.717, 1.165) is 0 Å². The fourth-order valence-electron chi connectivity index (χ4n) is 1.42. The van der Waals surface area contributed by atoms with Crippen molar-refractivity contribution in [1.82, 2.24) is 5.32 Å². The molecule has 0 unspecified atom stereocenters. The normalized spacial score (nSPS) is 11.1. The molecule has 0 aliphatic carbocycles. The summed E-state index contributed by atoms with van der Waals surface area (Å²) in [4.78, 5) is 21.9. The minimum atomic E-state index is -0.496. The topological polar surface area (TPSA) is 98.3 Å². The molecule has 1 amide bonds. The lowest BCUT2D eigenvalue weighted by Gasteiger charge is -2.19. The molecule has 3 N–H and O–H groups in total. The maximum absolute atomic E-state index is 11.9.